The minimum Gasteiger partial charge on any atom is -0.396 e. The molecule has 0 saturated heterocycles. The predicted octanol–water partition coefficient (Wildman–Crippen LogP) is 4.08. The van der Waals surface area contributed by atoms with E-state index in [2.05, 4.69) is 15.3 Å². The Hall–Kier alpha value is -2.92. The molecule has 3 aromatic heterocycles. The first-order valence-electron chi connectivity index (χ1n) is 11.6. The lowest BCUT2D eigenvalue weighted by Gasteiger charge is -2.23. The molecule has 3 heterocycles. The minimum atomic E-state index is -1.11. The number of thiophene rings is 1. The van der Waals surface area contributed by atoms with Gasteiger partial charge in [-0.2, -0.15) is 0 Å². The number of ether oxygens (including phenoxy) is 1. The zero-order chi connectivity index (χ0) is 24.2. The zero-order valence-corrected chi connectivity index (χ0v) is 20.8. The van der Waals surface area contributed by atoms with Gasteiger partial charge in [-0.1, -0.05) is 36.8 Å². The Morgan fingerprint density at radius 1 is 1.14 bits per heavy atom. The normalized spacial score (nSPS) is 14.7. The Morgan fingerprint density at radius 3 is 2.60 bits per heavy atom. The quantitative estimate of drug-likeness (QED) is 0.273. The van der Waals surface area contributed by atoms with Crippen molar-refractivity contribution in [3.8, 4) is 22.4 Å². The Bertz CT molecular complexity index is 1320. The number of nitrogen functional groups attached to an aromatic ring is 1. The third-order valence-electron chi connectivity index (χ3n) is 6.00. The fraction of sp³-hybridized carbons (Fsp3) is 0.320. The highest BCUT2D eigenvalue weighted by Gasteiger charge is 2.29. The maximum absolute atomic E-state index is 13.2. The second-order valence-electron chi connectivity index (χ2n) is 8.31. The van der Waals surface area contributed by atoms with Crippen LogP contribution in [0.2, 0.25) is 0 Å². The number of nitrogens with two attached hydrogens (primary N) is 1. The van der Waals surface area contributed by atoms with E-state index in [1.54, 1.807) is 12.4 Å². The van der Waals surface area contributed by atoms with Crippen LogP contribution in [0.4, 0.5) is 11.6 Å². The smallest absolute Gasteiger partial charge is 0.222 e. The summed E-state index contributed by atoms with van der Waals surface area (Å²) in [6.07, 6.45) is 6.56. The largest absolute Gasteiger partial charge is 0.396 e. The molecule has 5 rings (SSSR count). The fourth-order valence-corrected chi connectivity index (χ4v) is 7.14. The molecule has 1 atom stereocenters. The van der Waals surface area contributed by atoms with E-state index in [0.717, 1.165) is 56.1 Å². The highest BCUT2D eigenvalue weighted by atomic mass is 32.2. The molecule has 1 aromatic carbocycles. The van der Waals surface area contributed by atoms with Crippen molar-refractivity contribution in [1.29, 1.82) is 0 Å². The Balaban J connectivity index is 1.50. The average molecular weight is 510 g/mol. The predicted molar refractivity (Wildman–Crippen MR) is 141 cm³/mol. The molecule has 10 heteroatoms. The van der Waals surface area contributed by atoms with E-state index in [1.807, 2.05) is 36.4 Å². The number of hydrogen-bond donors (Lipinski definition) is 3. The molecular formula is C25H27N5O3S2. The number of nitrogens with one attached hydrogen (secondary N) is 1. The summed E-state index contributed by atoms with van der Waals surface area (Å²) in [6.45, 7) is 1.30. The van der Waals surface area contributed by atoms with Gasteiger partial charge in [-0.05, 0) is 30.0 Å². The first kappa shape index (κ1) is 23.8. The highest BCUT2D eigenvalue weighted by Crippen LogP contribution is 2.44. The van der Waals surface area contributed by atoms with Crippen LogP contribution in [0.5, 0.6) is 0 Å². The van der Waals surface area contributed by atoms with Gasteiger partial charge in [0.15, 0.2) is 0 Å². The molecule has 1 fully saturated rings. The molecule has 1 aliphatic carbocycles. The molecule has 35 heavy (non-hydrogen) atoms. The summed E-state index contributed by atoms with van der Waals surface area (Å²) in [5, 5.41) is 12.9. The van der Waals surface area contributed by atoms with E-state index >= 15 is 0 Å². The lowest BCUT2D eigenvalue weighted by molar-refractivity contribution is 0.0991. The van der Waals surface area contributed by atoms with Crippen molar-refractivity contribution < 1.29 is 14.1 Å². The molecule has 0 bridgehead atoms. The van der Waals surface area contributed by atoms with E-state index in [-0.39, 0.29) is 11.9 Å². The van der Waals surface area contributed by atoms with Crippen LogP contribution in [0.1, 0.15) is 19.3 Å². The Labute approximate surface area is 210 Å². The molecule has 0 radical (unpaired) electrons. The number of hydrogen-bond acceptors (Lipinski definition) is 9. The first-order valence-corrected chi connectivity index (χ1v) is 13.6. The summed E-state index contributed by atoms with van der Waals surface area (Å²) in [5.41, 5.74) is 10.7. The molecule has 1 aliphatic rings. The van der Waals surface area contributed by atoms with Gasteiger partial charge in [0.05, 0.1) is 42.0 Å². The zero-order valence-electron chi connectivity index (χ0n) is 19.1. The third-order valence-corrected chi connectivity index (χ3v) is 9.30. The first-order chi connectivity index (χ1) is 17.2. The number of aromatic nitrogens is 3. The summed E-state index contributed by atoms with van der Waals surface area (Å²) in [5.74, 6) is 0.490. The summed E-state index contributed by atoms with van der Waals surface area (Å²) in [4.78, 5) is 14.5. The lowest BCUT2D eigenvalue weighted by atomic mass is 10.00. The van der Waals surface area contributed by atoms with E-state index in [1.165, 1.54) is 11.3 Å². The molecule has 0 unspecified atom stereocenters. The second-order valence-corrected chi connectivity index (χ2v) is 11.2. The molecule has 1 saturated carbocycles. The van der Waals surface area contributed by atoms with Gasteiger partial charge in [0.2, 0.25) is 5.95 Å². The SMILES string of the molecule is Nc1c([S@](=O)C2CCC2)sc2nc(-c3cnc(NCCOCCO)nc3)cc(-c3ccccc3)c12. The molecule has 4 aromatic rings. The fourth-order valence-electron chi connectivity index (χ4n) is 3.93. The van der Waals surface area contributed by atoms with Crippen molar-refractivity contribution in [3.05, 3.63) is 48.8 Å². The van der Waals surface area contributed by atoms with E-state index in [9.17, 15) is 4.21 Å². The number of anilines is 2. The van der Waals surface area contributed by atoms with E-state index in [0.29, 0.717) is 31.4 Å². The van der Waals surface area contributed by atoms with Crippen LogP contribution in [0.3, 0.4) is 0 Å². The van der Waals surface area contributed by atoms with Crippen LogP contribution in [-0.4, -0.2) is 55.9 Å². The van der Waals surface area contributed by atoms with Crippen LogP contribution in [-0.2, 0) is 15.5 Å². The van der Waals surface area contributed by atoms with Crippen molar-refractivity contribution in [3.63, 3.8) is 0 Å². The van der Waals surface area contributed by atoms with Crippen LogP contribution in [0, 0.1) is 0 Å². The van der Waals surface area contributed by atoms with Crippen LogP contribution in [0.25, 0.3) is 32.6 Å². The summed E-state index contributed by atoms with van der Waals surface area (Å²) < 4.78 is 19.1. The second kappa shape index (κ2) is 10.8. The highest BCUT2D eigenvalue weighted by molar-refractivity contribution is 7.88. The number of fused-ring (bicyclic) bond motifs is 1. The third kappa shape index (κ3) is 5.06. The lowest BCUT2D eigenvalue weighted by Crippen LogP contribution is -2.23. The van der Waals surface area contributed by atoms with Gasteiger partial charge in [-0.25, -0.2) is 15.0 Å². The standard InChI is InChI=1S/C25H27N5O3S2/c26-22-21-19(16-5-2-1-3-6-16)13-20(30-23(21)34-24(22)35(32)18-7-4-8-18)17-14-28-25(29-15-17)27-9-11-33-12-10-31/h1-3,5-6,13-15,18,31H,4,7-12,26H2,(H,27,28,29)/t35-/m1/s1. The Morgan fingerprint density at radius 2 is 1.91 bits per heavy atom. The van der Waals surface area contributed by atoms with Crippen LogP contribution in [0.15, 0.2) is 53.0 Å². The monoisotopic (exact) mass is 509 g/mol. The van der Waals surface area contributed by atoms with Gasteiger partial charge in [-0.15, -0.1) is 11.3 Å². The van der Waals surface area contributed by atoms with Crippen molar-refractivity contribution in [2.75, 3.05) is 37.4 Å². The number of aliphatic hydroxyl groups is 1. The molecular weight excluding hydrogens is 482 g/mol. The van der Waals surface area contributed by atoms with Gasteiger partial charge in [-0.3, -0.25) is 4.21 Å². The maximum Gasteiger partial charge on any atom is 0.222 e. The minimum absolute atomic E-state index is 0.00137. The number of aliphatic hydroxyl groups excluding tert-OH is 1. The van der Waals surface area contributed by atoms with Crippen LogP contribution >= 0.6 is 11.3 Å². The number of pyridine rings is 1. The number of benzene rings is 1. The summed E-state index contributed by atoms with van der Waals surface area (Å²) in [7, 11) is -1.11. The molecule has 0 amide bonds. The summed E-state index contributed by atoms with van der Waals surface area (Å²) in [6, 6.07) is 12.0. The summed E-state index contributed by atoms with van der Waals surface area (Å²) >= 11 is 1.43. The van der Waals surface area contributed by atoms with Crippen molar-refractivity contribution in [1.82, 2.24) is 15.0 Å². The molecule has 182 valence electrons. The van der Waals surface area contributed by atoms with E-state index < -0.39 is 10.8 Å². The van der Waals surface area contributed by atoms with Crippen LogP contribution < -0.4 is 11.1 Å². The van der Waals surface area contributed by atoms with Crippen molar-refractivity contribution in [2.45, 2.75) is 28.7 Å². The van der Waals surface area contributed by atoms with Gasteiger partial charge in [0, 0.05) is 35.1 Å². The Kier molecular flexibility index (Phi) is 7.33. The van der Waals surface area contributed by atoms with E-state index in [4.69, 9.17) is 20.6 Å². The van der Waals surface area contributed by atoms with Crippen molar-refractivity contribution in [2.24, 2.45) is 0 Å². The maximum atomic E-state index is 13.2. The topological polar surface area (TPSA) is 123 Å². The molecule has 4 N–H and O–H groups in total. The number of rotatable bonds is 10. The van der Waals surface area contributed by atoms with Gasteiger partial charge >= 0.3 is 0 Å². The van der Waals surface area contributed by atoms with Crippen molar-refractivity contribution >= 4 is 44.0 Å². The van der Waals surface area contributed by atoms with Gasteiger partial charge in [0.25, 0.3) is 0 Å². The molecule has 8 nitrogen and oxygen atoms in total. The van der Waals surface area contributed by atoms with Gasteiger partial charge in [0.1, 0.15) is 9.04 Å². The van der Waals surface area contributed by atoms with Gasteiger partial charge < -0.3 is 20.9 Å². The average Bonchev–Trinajstić information content (AvgIpc) is 3.19. The molecule has 0 aliphatic heterocycles. The molecule has 0 spiro atoms. The number of nitrogens with zero attached hydrogens (tertiary/aromatic N) is 3.